The first-order valence-corrected chi connectivity index (χ1v) is 9.04. The van der Waals surface area contributed by atoms with E-state index in [0.717, 1.165) is 0 Å². The van der Waals surface area contributed by atoms with Crippen LogP contribution in [0.4, 0.5) is 0 Å². The summed E-state index contributed by atoms with van der Waals surface area (Å²) in [6, 6.07) is 15.0. The van der Waals surface area contributed by atoms with Crippen LogP contribution in [0.5, 0.6) is 23.0 Å². The minimum atomic E-state index is -0.580. The highest BCUT2D eigenvalue weighted by atomic mass is 16.5. The van der Waals surface area contributed by atoms with Crippen LogP contribution >= 0.6 is 0 Å². The Bertz CT molecular complexity index is 1310. The zero-order valence-corrected chi connectivity index (χ0v) is 16.6. The van der Waals surface area contributed by atoms with E-state index in [-0.39, 0.29) is 16.7 Å². The molecule has 0 bridgehead atoms. The van der Waals surface area contributed by atoms with Crippen molar-refractivity contribution in [2.24, 2.45) is 0 Å². The standard InChI is InChI=1S/C23H18O7/c1-26-18-12-16-19(21(28-3)20(18)27-2)15-10-9-14(11-17(15)30-23(16)25)29-22(24)13-7-5-4-6-8-13/h4-12H,1-3H3. The van der Waals surface area contributed by atoms with E-state index in [1.807, 2.05) is 6.07 Å². The van der Waals surface area contributed by atoms with E-state index in [2.05, 4.69) is 0 Å². The van der Waals surface area contributed by atoms with E-state index in [1.54, 1.807) is 42.5 Å². The molecule has 0 N–H and O–H groups in total. The molecule has 0 fully saturated rings. The predicted octanol–water partition coefficient (Wildman–Crippen LogP) is 4.19. The number of carbonyl (C=O) groups excluding carboxylic acids is 1. The Labute approximate surface area is 171 Å². The van der Waals surface area contributed by atoms with Crippen LogP contribution in [0.25, 0.3) is 21.7 Å². The fourth-order valence-electron chi connectivity index (χ4n) is 3.34. The molecule has 0 saturated heterocycles. The number of hydrogen-bond donors (Lipinski definition) is 0. The van der Waals surface area contributed by atoms with Gasteiger partial charge < -0.3 is 23.4 Å². The fraction of sp³-hybridized carbons (Fsp3) is 0.130. The summed E-state index contributed by atoms with van der Waals surface area (Å²) >= 11 is 0. The summed E-state index contributed by atoms with van der Waals surface area (Å²) in [6.07, 6.45) is 0. The smallest absolute Gasteiger partial charge is 0.344 e. The van der Waals surface area contributed by atoms with Gasteiger partial charge in [0.05, 0.1) is 32.3 Å². The van der Waals surface area contributed by atoms with Crippen molar-refractivity contribution in [1.29, 1.82) is 0 Å². The Balaban J connectivity index is 1.89. The van der Waals surface area contributed by atoms with Crippen LogP contribution < -0.4 is 24.6 Å². The number of esters is 1. The van der Waals surface area contributed by atoms with E-state index < -0.39 is 11.6 Å². The lowest BCUT2D eigenvalue weighted by Crippen LogP contribution is -2.08. The Kier molecular flexibility index (Phi) is 5.02. The monoisotopic (exact) mass is 406 g/mol. The maximum absolute atomic E-state index is 12.7. The molecule has 7 heteroatoms. The lowest BCUT2D eigenvalue weighted by atomic mass is 10.0. The molecule has 0 radical (unpaired) electrons. The Hall–Kier alpha value is -4.00. The summed E-state index contributed by atoms with van der Waals surface area (Å²) in [4.78, 5) is 25.0. The zero-order valence-electron chi connectivity index (χ0n) is 16.6. The van der Waals surface area contributed by atoms with Crippen molar-refractivity contribution in [1.82, 2.24) is 0 Å². The molecule has 0 aliphatic rings. The molecule has 3 aromatic carbocycles. The van der Waals surface area contributed by atoms with Gasteiger partial charge in [0.25, 0.3) is 0 Å². The van der Waals surface area contributed by atoms with Gasteiger partial charge in [-0.1, -0.05) is 18.2 Å². The van der Waals surface area contributed by atoms with Gasteiger partial charge in [0, 0.05) is 16.8 Å². The minimum absolute atomic E-state index is 0.247. The molecular weight excluding hydrogens is 388 g/mol. The van der Waals surface area contributed by atoms with Crippen LogP contribution in [0.15, 0.2) is 63.8 Å². The summed E-state index contributed by atoms with van der Waals surface area (Å²) in [7, 11) is 4.44. The van der Waals surface area contributed by atoms with Crippen molar-refractivity contribution in [3.63, 3.8) is 0 Å². The van der Waals surface area contributed by atoms with Gasteiger partial charge in [-0.25, -0.2) is 9.59 Å². The van der Waals surface area contributed by atoms with Gasteiger partial charge in [-0.3, -0.25) is 0 Å². The van der Waals surface area contributed by atoms with Crippen LogP contribution in [0, 0.1) is 0 Å². The number of hydrogen-bond acceptors (Lipinski definition) is 7. The van der Waals surface area contributed by atoms with Gasteiger partial charge in [-0.05, 0) is 30.3 Å². The van der Waals surface area contributed by atoms with E-state index in [0.29, 0.717) is 33.6 Å². The second kappa shape index (κ2) is 7.79. The maximum Gasteiger partial charge on any atom is 0.344 e. The molecule has 152 valence electrons. The van der Waals surface area contributed by atoms with Gasteiger partial charge in [0.2, 0.25) is 5.75 Å². The van der Waals surface area contributed by atoms with Gasteiger partial charge in [-0.15, -0.1) is 0 Å². The number of rotatable bonds is 5. The topological polar surface area (TPSA) is 84.2 Å². The summed E-state index contributed by atoms with van der Waals surface area (Å²) in [5, 5.41) is 1.40. The largest absolute Gasteiger partial charge is 0.493 e. The van der Waals surface area contributed by atoms with E-state index in [9.17, 15) is 9.59 Å². The normalized spacial score (nSPS) is 10.8. The highest BCUT2D eigenvalue weighted by molar-refractivity contribution is 6.10. The summed E-state index contributed by atoms with van der Waals surface area (Å²) in [6.45, 7) is 0. The quantitative estimate of drug-likeness (QED) is 0.213. The molecule has 0 spiro atoms. The molecule has 1 heterocycles. The van der Waals surface area contributed by atoms with Crippen molar-refractivity contribution in [3.05, 3.63) is 70.6 Å². The molecule has 1 aromatic heterocycles. The molecule has 0 aliphatic carbocycles. The molecule has 0 atom stereocenters. The fourth-order valence-corrected chi connectivity index (χ4v) is 3.34. The third-order valence-electron chi connectivity index (χ3n) is 4.70. The number of ether oxygens (including phenoxy) is 4. The van der Waals surface area contributed by atoms with E-state index in [4.69, 9.17) is 23.4 Å². The number of fused-ring (bicyclic) bond motifs is 3. The van der Waals surface area contributed by atoms with Crippen molar-refractivity contribution in [2.75, 3.05) is 21.3 Å². The SMILES string of the molecule is COc1cc2c(=O)oc3cc(OC(=O)c4ccccc4)ccc3c2c(OC)c1OC. The lowest BCUT2D eigenvalue weighted by molar-refractivity contribution is 0.0735. The molecular formula is C23H18O7. The van der Waals surface area contributed by atoms with Crippen molar-refractivity contribution >= 4 is 27.7 Å². The predicted molar refractivity (Wildman–Crippen MR) is 111 cm³/mol. The Morgan fingerprint density at radius 1 is 0.833 bits per heavy atom. The molecule has 0 aliphatic heterocycles. The number of methoxy groups -OCH3 is 3. The molecule has 4 rings (SSSR count). The van der Waals surface area contributed by atoms with Crippen molar-refractivity contribution in [2.45, 2.75) is 0 Å². The van der Waals surface area contributed by atoms with Gasteiger partial charge in [-0.2, -0.15) is 0 Å². The average molecular weight is 406 g/mol. The zero-order chi connectivity index (χ0) is 21.3. The third-order valence-corrected chi connectivity index (χ3v) is 4.70. The van der Waals surface area contributed by atoms with E-state index >= 15 is 0 Å². The summed E-state index contributed by atoms with van der Waals surface area (Å²) < 4.78 is 27.2. The van der Waals surface area contributed by atoms with Crippen molar-refractivity contribution in [3.8, 4) is 23.0 Å². The first-order chi connectivity index (χ1) is 14.6. The van der Waals surface area contributed by atoms with Crippen molar-refractivity contribution < 1.29 is 28.2 Å². The number of benzene rings is 3. The molecule has 0 saturated carbocycles. The Morgan fingerprint density at radius 2 is 1.57 bits per heavy atom. The average Bonchev–Trinajstić information content (AvgIpc) is 2.78. The Morgan fingerprint density at radius 3 is 2.23 bits per heavy atom. The molecule has 30 heavy (non-hydrogen) atoms. The van der Waals surface area contributed by atoms with Crippen LogP contribution in [-0.2, 0) is 0 Å². The first kappa shape index (κ1) is 19.3. The van der Waals surface area contributed by atoms with Crippen LogP contribution in [0.1, 0.15) is 10.4 Å². The minimum Gasteiger partial charge on any atom is -0.493 e. The second-order valence-electron chi connectivity index (χ2n) is 6.37. The van der Waals surface area contributed by atoms with Crippen LogP contribution in [0.2, 0.25) is 0 Å². The van der Waals surface area contributed by atoms with Crippen LogP contribution in [-0.4, -0.2) is 27.3 Å². The van der Waals surface area contributed by atoms with Gasteiger partial charge in [0.1, 0.15) is 11.3 Å². The third kappa shape index (κ3) is 3.20. The molecule has 4 aromatic rings. The second-order valence-corrected chi connectivity index (χ2v) is 6.37. The maximum atomic E-state index is 12.7. The molecule has 7 nitrogen and oxygen atoms in total. The molecule has 0 unspecified atom stereocenters. The number of carbonyl (C=O) groups is 1. The highest BCUT2D eigenvalue weighted by Gasteiger charge is 2.21. The lowest BCUT2D eigenvalue weighted by Gasteiger charge is -2.15. The summed E-state index contributed by atoms with van der Waals surface area (Å²) in [5.74, 6) is 0.792. The molecule has 0 amide bonds. The summed E-state index contributed by atoms with van der Waals surface area (Å²) in [5.41, 5.74) is 0.0794. The van der Waals surface area contributed by atoms with Crippen LogP contribution in [0.3, 0.4) is 0 Å². The van der Waals surface area contributed by atoms with Gasteiger partial charge >= 0.3 is 11.6 Å². The van der Waals surface area contributed by atoms with Gasteiger partial charge in [0.15, 0.2) is 11.5 Å². The first-order valence-electron chi connectivity index (χ1n) is 9.04. The van der Waals surface area contributed by atoms with E-state index in [1.165, 1.54) is 27.4 Å². The highest BCUT2D eigenvalue weighted by Crippen LogP contribution is 2.45.